The fraction of sp³-hybridized carbons (Fsp3) is 1.00. The lowest BCUT2D eigenvalue weighted by atomic mass is 10.2. The van der Waals surface area contributed by atoms with E-state index in [2.05, 4.69) is 21.8 Å². The summed E-state index contributed by atoms with van der Waals surface area (Å²) in [6.45, 7) is 5.83. The molecule has 0 aromatic rings. The van der Waals surface area contributed by atoms with Gasteiger partial charge < -0.3 is 9.47 Å². The van der Waals surface area contributed by atoms with Gasteiger partial charge in [0.1, 0.15) is 0 Å². The Morgan fingerprint density at radius 1 is 1.31 bits per heavy atom. The molecule has 94 valence electrons. The Labute approximate surface area is 97.1 Å². The van der Waals surface area contributed by atoms with Gasteiger partial charge in [-0.3, -0.25) is 4.90 Å². The zero-order valence-electron chi connectivity index (χ0n) is 10.4. The van der Waals surface area contributed by atoms with Gasteiger partial charge in [-0.1, -0.05) is 5.11 Å². The second kappa shape index (κ2) is 10.7. The minimum Gasteiger partial charge on any atom is -0.383 e. The lowest BCUT2D eigenvalue weighted by Crippen LogP contribution is -2.39. The normalized spacial score (nSPS) is 12.5. The lowest BCUT2D eigenvalue weighted by Gasteiger charge is -2.28. The second-order valence-corrected chi connectivity index (χ2v) is 3.64. The van der Waals surface area contributed by atoms with Crippen LogP contribution in [0.5, 0.6) is 0 Å². The van der Waals surface area contributed by atoms with Crippen LogP contribution in [0.1, 0.15) is 13.3 Å². The summed E-state index contributed by atoms with van der Waals surface area (Å²) in [6.07, 6.45) is 0.863. The van der Waals surface area contributed by atoms with Crippen LogP contribution in [0.4, 0.5) is 0 Å². The van der Waals surface area contributed by atoms with Crippen LogP contribution >= 0.6 is 0 Å². The van der Waals surface area contributed by atoms with Crippen molar-refractivity contribution in [2.75, 3.05) is 47.1 Å². The summed E-state index contributed by atoms with van der Waals surface area (Å²) in [5, 5.41) is 3.52. The summed E-state index contributed by atoms with van der Waals surface area (Å²) in [6, 6.07) is 0.353. The van der Waals surface area contributed by atoms with E-state index < -0.39 is 0 Å². The van der Waals surface area contributed by atoms with Crippen molar-refractivity contribution in [2.24, 2.45) is 5.11 Å². The zero-order chi connectivity index (χ0) is 12.2. The maximum absolute atomic E-state index is 8.17. The van der Waals surface area contributed by atoms with Gasteiger partial charge in [0.15, 0.2) is 0 Å². The van der Waals surface area contributed by atoms with Crippen LogP contribution in [0.2, 0.25) is 0 Å². The first-order chi connectivity index (χ1) is 7.76. The van der Waals surface area contributed by atoms with Crippen molar-refractivity contribution < 1.29 is 9.47 Å². The molecule has 0 aliphatic carbocycles. The summed E-state index contributed by atoms with van der Waals surface area (Å²) >= 11 is 0. The summed E-state index contributed by atoms with van der Waals surface area (Å²) in [5.41, 5.74) is 8.17. The highest BCUT2D eigenvalue weighted by Crippen LogP contribution is 2.01. The number of hydrogen-bond acceptors (Lipinski definition) is 4. The molecule has 1 atom stereocenters. The summed E-state index contributed by atoms with van der Waals surface area (Å²) in [7, 11) is 3.39. The largest absolute Gasteiger partial charge is 0.383 e. The Hall–Kier alpha value is -0.810. The molecule has 1 unspecified atom stereocenters. The minimum absolute atomic E-state index is 0.353. The SMILES string of the molecule is COCCN(CCCN=[N+]=[N-])C(C)COC. The molecule has 0 spiro atoms. The summed E-state index contributed by atoms with van der Waals surface area (Å²) < 4.78 is 10.2. The highest BCUT2D eigenvalue weighted by Gasteiger charge is 2.12. The topological polar surface area (TPSA) is 70.5 Å². The molecular formula is C10H22N4O2. The van der Waals surface area contributed by atoms with Gasteiger partial charge >= 0.3 is 0 Å². The van der Waals surface area contributed by atoms with Crippen LogP contribution in [0.3, 0.4) is 0 Å². The number of nitrogens with zero attached hydrogens (tertiary/aromatic N) is 4. The third-order valence-corrected chi connectivity index (χ3v) is 2.38. The van der Waals surface area contributed by atoms with Crippen LogP contribution in [0, 0.1) is 0 Å². The average molecular weight is 230 g/mol. The van der Waals surface area contributed by atoms with Gasteiger partial charge in [0.2, 0.25) is 0 Å². The summed E-state index contributed by atoms with van der Waals surface area (Å²) in [5.74, 6) is 0. The van der Waals surface area contributed by atoms with Gasteiger partial charge in [0, 0.05) is 38.3 Å². The number of rotatable bonds is 10. The van der Waals surface area contributed by atoms with Gasteiger partial charge in [0.25, 0.3) is 0 Å². The molecule has 0 bridgehead atoms. The van der Waals surface area contributed by atoms with Crippen molar-refractivity contribution >= 4 is 0 Å². The maximum atomic E-state index is 8.17. The third kappa shape index (κ3) is 7.48. The first-order valence-corrected chi connectivity index (χ1v) is 5.49. The van der Waals surface area contributed by atoms with Gasteiger partial charge in [0.05, 0.1) is 13.2 Å². The molecule has 0 aliphatic rings. The Morgan fingerprint density at radius 3 is 2.62 bits per heavy atom. The van der Waals surface area contributed by atoms with Gasteiger partial charge in [-0.15, -0.1) is 0 Å². The van der Waals surface area contributed by atoms with Crippen molar-refractivity contribution in [3.8, 4) is 0 Å². The predicted octanol–water partition coefficient (Wildman–Crippen LogP) is 1.67. The molecule has 0 aliphatic heterocycles. The molecule has 16 heavy (non-hydrogen) atoms. The molecule has 0 saturated carbocycles. The van der Waals surface area contributed by atoms with Gasteiger partial charge in [-0.05, 0) is 25.4 Å². The number of hydrogen-bond donors (Lipinski definition) is 0. The van der Waals surface area contributed by atoms with Crippen LogP contribution in [-0.4, -0.2) is 58.0 Å². The highest BCUT2D eigenvalue weighted by molar-refractivity contribution is 4.67. The van der Waals surface area contributed by atoms with E-state index in [-0.39, 0.29) is 0 Å². The lowest BCUT2D eigenvalue weighted by molar-refractivity contribution is 0.0748. The first-order valence-electron chi connectivity index (χ1n) is 5.49. The zero-order valence-corrected chi connectivity index (χ0v) is 10.4. The van der Waals surface area contributed by atoms with E-state index in [0.29, 0.717) is 25.8 Å². The first kappa shape index (κ1) is 15.2. The Kier molecular flexibility index (Phi) is 10.2. The molecule has 6 nitrogen and oxygen atoms in total. The van der Waals surface area contributed by atoms with Crippen LogP contribution in [0.25, 0.3) is 10.4 Å². The molecule has 0 heterocycles. The number of azide groups is 1. The van der Waals surface area contributed by atoms with Crippen molar-refractivity contribution in [1.82, 2.24) is 4.90 Å². The Bertz CT molecular complexity index is 207. The molecule has 0 amide bonds. The van der Waals surface area contributed by atoms with Gasteiger partial charge in [-0.25, -0.2) is 0 Å². The van der Waals surface area contributed by atoms with E-state index in [4.69, 9.17) is 15.0 Å². The predicted molar refractivity (Wildman–Crippen MR) is 63.4 cm³/mol. The molecule has 0 fully saturated rings. The molecular weight excluding hydrogens is 208 g/mol. The second-order valence-electron chi connectivity index (χ2n) is 3.64. The molecule has 0 rings (SSSR count). The number of ether oxygens (including phenoxy) is 2. The standard InChI is InChI=1S/C10H22N4O2/c1-10(9-16-3)14(7-8-15-2)6-4-5-12-13-11/h10H,4-9H2,1-3H3. The van der Waals surface area contributed by atoms with E-state index in [1.54, 1.807) is 14.2 Å². The third-order valence-electron chi connectivity index (χ3n) is 2.38. The summed E-state index contributed by atoms with van der Waals surface area (Å²) in [4.78, 5) is 5.01. The highest BCUT2D eigenvalue weighted by atomic mass is 16.5. The average Bonchev–Trinajstić information content (AvgIpc) is 2.28. The van der Waals surface area contributed by atoms with E-state index in [9.17, 15) is 0 Å². The van der Waals surface area contributed by atoms with E-state index in [0.717, 1.165) is 19.5 Å². The van der Waals surface area contributed by atoms with Gasteiger partial charge in [-0.2, -0.15) is 0 Å². The van der Waals surface area contributed by atoms with Crippen molar-refractivity contribution in [3.05, 3.63) is 10.4 Å². The quantitative estimate of drug-likeness (QED) is 0.248. The monoisotopic (exact) mass is 230 g/mol. The molecule has 6 heteroatoms. The molecule has 0 aromatic carbocycles. The Balaban J connectivity index is 3.92. The fourth-order valence-corrected chi connectivity index (χ4v) is 1.50. The number of methoxy groups -OCH3 is 2. The van der Waals surface area contributed by atoms with Crippen molar-refractivity contribution in [3.63, 3.8) is 0 Å². The van der Waals surface area contributed by atoms with Crippen molar-refractivity contribution in [1.29, 1.82) is 0 Å². The molecule has 0 saturated heterocycles. The van der Waals surface area contributed by atoms with E-state index in [1.165, 1.54) is 0 Å². The van der Waals surface area contributed by atoms with Crippen molar-refractivity contribution in [2.45, 2.75) is 19.4 Å². The fourth-order valence-electron chi connectivity index (χ4n) is 1.50. The van der Waals surface area contributed by atoms with Crippen LogP contribution < -0.4 is 0 Å². The smallest absolute Gasteiger partial charge is 0.0615 e. The van der Waals surface area contributed by atoms with Crippen LogP contribution in [0.15, 0.2) is 5.11 Å². The molecule has 0 N–H and O–H groups in total. The Morgan fingerprint density at radius 2 is 2.06 bits per heavy atom. The minimum atomic E-state index is 0.353. The maximum Gasteiger partial charge on any atom is 0.0615 e. The van der Waals surface area contributed by atoms with E-state index in [1.807, 2.05) is 0 Å². The van der Waals surface area contributed by atoms with Crippen LogP contribution in [-0.2, 0) is 9.47 Å². The van der Waals surface area contributed by atoms with E-state index >= 15 is 0 Å². The molecule has 0 aromatic heterocycles. The molecule has 0 radical (unpaired) electrons.